The van der Waals surface area contributed by atoms with E-state index in [1.54, 1.807) is 0 Å². The van der Waals surface area contributed by atoms with Crippen molar-refractivity contribution in [1.82, 2.24) is 34.1 Å². The highest BCUT2D eigenvalue weighted by Crippen LogP contribution is 2.68. The summed E-state index contributed by atoms with van der Waals surface area (Å²) in [6, 6.07) is 0. The summed E-state index contributed by atoms with van der Waals surface area (Å²) in [5.41, 5.74) is 11.8. The molecule has 2 fully saturated rings. The number of imidazole rings is 2. The number of anilines is 2. The topological polar surface area (TPSA) is 379 Å². The van der Waals surface area contributed by atoms with Crippen LogP contribution < -0.4 is 21.1 Å². The van der Waals surface area contributed by atoms with Crippen LogP contribution in [0.3, 0.4) is 0 Å². The van der Waals surface area contributed by atoms with Gasteiger partial charge in [0.15, 0.2) is 29.5 Å². The Morgan fingerprint density at radius 1 is 0.906 bits per heavy atom. The molecule has 0 radical (unpaired) electrons. The van der Waals surface area contributed by atoms with Crippen molar-refractivity contribution < 1.29 is 84.9 Å². The smallest absolute Gasteiger partial charge is 0.490 e. The fourth-order valence-electron chi connectivity index (χ4n) is 5.84. The number of aliphatic hydroxyl groups is 2. The number of aliphatic hydroxyl groups excluding tert-OH is 2. The molecule has 2 saturated heterocycles. The predicted octanol–water partition coefficient (Wildman–Crippen LogP) is -2.75. The van der Waals surface area contributed by atoms with Crippen LogP contribution in [0.25, 0.3) is 22.3 Å². The van der Waals surface area contributed by atoms with E-state index >= 15 is 0 Å². The molecular formula is C23H33N10O17P3. The minimum absolute atomic E-state index is 0.0146. The Balaban J connectivity index is 1.06. The third-order valence-electron chi connectivity index (χ3n) is 8.06. The van der Waals surface area contributed by atoms with E-state index in [2.05, 4.69) is 33.5 Å². The van der Waals surface area contributed by atoms with E-state index in [1.807, 2.05) is 0 Å². The highest BCUT2D eigenvalue weighted by Gasteiger charge is 2.51. The molecule has 4 aromatic rings. The predicted molar refractivity (Wildman–Crippen MR) is 167 cm³/mol. The number of aromatic nitrogens is 8. The number of ether oxygens (including phenoxy) is 4. The lowest BCUT2D eigenvalue weighted by atomic mass is 10.1. The molecule has 0 spiro atoms. The van der Waals surface area contributed by atoms with Gasteiger partial charge in [0, 0.05) is 20.1 Å². The summed E-state index contributed by atoms with van der Waals surface area (Å²) in [5, 5.41) is 34.1. The van der Waals surface area contributed by atoms with Crippen molar-refractivity contribution in [2.45, 2.75) is 49.1 Å². The molecule has 0 saturated carbocycles. The Labute approximate surface area is 296 Å². The van der Waals surface area contributed by atoms with Crippen LogP contribution in [0.4, 0.5) is 11.8 Å². The van der Waals surface area contributed by atoms with Crippen LogP contribution in [-0.4, -0.2) is 123 Å². The Bertz CT molecular complexity index is 2140. The number of hydrogen-bond donors (Lipinski definition) is 7. The first-order valence-corrected chi connectivity index (χ1v) is 19.4. The van der Waals surface area contributed by atoms with Crippen LogP contribution in [0.5, 0.6) is 5.88 Å². The summed E-state index contributed by atoms with van der Waals surface area (Å²) < 4.78 is 81.7. The number of nitrogens with zero attached hydrogens (tertiary/aromatic N) is 8. The normalized spacial score (nSPS) is 29.7. The highest BCUT2D eigenvalue weighted by atomic mass is 31.3. The van der Waals surface area contributed by atoms with Gasteiger partial charge in [-0.15, -0.1) is 0 Å². The molecule has 0 aliphatic carbocycles. The molecule has 11 atom stereocenters. The van der Waals surface area contributed by atoms with E-state index in [-0.39, 0.29) is 34.1 Å². The maximum atomic E-state index is 12.7. The molecule has 6 rings (SSSR count). The molecule has 4 aromatic heterocycles. The molecule has 0 aromatic carbocycles. The van der Waals surface area contributed by atoms with Gasteiger partial charge in [0.1, 0.15) is 48.5 Å². The maximum absolute atomic E-state index is 12.7. The van der Waals surface area contributed by atoms with Crippen LogP contribution >= 0.6 is 23.5 Å². The summed E-state index contributed by atoms with van der Waals surface area (Å²) in [4.78, 5) is 50.0. The number of methoxy groups -OCH3 is 2. The molecule has 292 valence electrons. The highest BCUT2D eigenvalue weighted by molar-refractivity contribution is 7.66. The number of phosphoric ester groups is 2. The molecule has 27 nitrogen and oxygen atoms in total. The largest absolute Gasteiger partial charge is 0.856 e. The third-order valence-corrected chi connectivity index (χ3v) is 12.3. The first-order valence-electron chi connectivity index (χ1n) is 14.9. The standard InChI is InChI=1S/C23H33N10O17P3/c1-31-8-33(19-12(31)20(36)30-23(25)29-19)21-14(35)15(43-2)10(48-21)5-46-52(39,40)50-53(41,42)49-51(37,38)45-4-9-13(34)16(44-3)22(47-9)32-7-28-11-17(24)26-6-27-18(11)32/h6-10,13-16,21-22,34-35H,4-5H2,1-3H3,(H7-,24,25,26,27,29,30,36,37,38,39,40,41,42)/t9-,10-,13+,14+,15+,16+,21-,22-/m1/s1. The van der Waals surface area contributed by atoms with E-state index < -0.39 is 91.6 Å². The summed E-state index contributed by atoms with van der Waals surface area (Å²) in [6.07, 6.45) is -6.77. The Morgan fingerprint density at radius 3 is 2.19 bits per heavy atom. The molecule has 0 bridgehead atoms. The minimum atomic E-state index is -5.93. The van der Waals surface area contributed by atoms with E-state index in [0.29, 0.717) is 0 Å². The van der Waals surface area contributed by atoms with Gasteiger partial charge in [0.05, 0.1) is 26.6 Å². The Morgan fingerprint density at radius 2 is 1.55 bits per heavy atom. The van der Waals surface area contributed by atoms with E-state index in [9.17, 15) is 43.7 Å². The van der Waals surface area contributed by atoms with E-state index in [0.717, 1.165) is 0 Å². The number of aryl methyl sites for hydroxylation is 1. The molecular weight excluding hydrogens is 781 g/mol. The van der Waals surface area contributed by atoms with Crippen LogP contribution in [0.15, 0.2) is 19.0 Å². The molecule has 0 amide bonds. The second-order valence-electron chi connectivity index (χ2n) is 11.4. The van der Waals surface area contributed by atoms with Crippen molar-refractivity contribution in [3.8, 4) is 5.88 Å². The molecule has 6 heterocycles. The summed E-state index contributed by atoms with van der Waals surface area (Å²) in [7, 11) is -13.2. The monoisotopic (exact) mass is 814 g/mol. The van der Waals surface area contributed by atoms with Gasteiger partial charge in [-0.1, -0.05) is 4.98 Å². The van der Waals surface area contributed by atoms with Crippen LogP contribution in [0.1, 0.15) is 12.5 Å². The lowest BCUT2D eigenvalue weighted by Crippen LogP contribution is -2.46. The van der Waals surface area contributed by atoms with Crippen molar-refractivity contribution in [2.75, 3.05) is 38.9 Å². The zero-order valence-corrected chi connectivity index (χ0v) is 30.2. The van der Waals surface area contributed by atoms with E-state index in [4.69, 9.17) is 39.5 Å². The fraction of sp³-hybridized carbons (Fsp3) is 0.565. The quantitative estimate of drug-likeness (QED) is 0.0501. The first-order chi connectivity index (χ1) is 24.8. The number of phosphoric acid groups is 3. The van der Waals surface area contributed by atoms with Crippen molar-refractivity contribution >= 4 is 57.6 Å². The Kier molecular flexibility index (Phi) is 10.9. The molecule has 30 heteroatoms. The van der Waals surface area contributed by atoms with Crippen molar-refractivity contribution in [3.63, 3.8) is 0 Å². The molecule has 53 heavy (non-hydrogen) atoms. The minimum Gasteiger partial charge on any atom is -0.856 e. The van der Waals surface area contributed by atoms with Crippen LogP contribution in [0.2, 0.25) is 0 Å². The number of nitrogens with two attached hydrogens (primary N) is 2. The number of fused-ring (bicyclic) bond motifs is 2. The molecule has 9 N–H and O–H groups in total. The van der Waals surface area contributed by atoms with Crippen molar-refractivity contribution in [3.05, 3.63) is 19.0 Å². The second-order valence-corrected chi connectivity index (χ2v) is 16.1. The van der Waals surface area contributed by atoms with Gasteiger partial charge in [-0.2, -0.15) is 8.62 Å². The average Bonchev–Trinajstić information content (AvgIpc) is 3.80. The van der Waals surface area contributed by atoms with Gasteiger partial charge in [-0.05, 0) is 0 Å². The first kappa shape index (κ1) is 39.4. The maximum Gasteiger partial charge on any atom is 0.490 e. The molecule has 3 unspecified atom stereocenters. The van der Waals surface area contributed by atoms with Crippen LogP contribution in [0, 0.1) is 0 Å². The third kappa shape index (κ3) is 7.92. The van der Waals surface area contributed by atoms with E-state index in [1.165, 1.54) is 54.0 Å². The summed E-state index contributed by atoms with van der Waals surface area (Å²) in [5.74, 6) is -1.01. The van der Waals surface area contributed by atoms with Gasteiger partial charge in [0.25, 0.3) is 5.95 Å². The zero-order valence-electron chi connectivity index (χ0n) is 27.5. The van der Waals surface area contributed by atoms with Crippen molar-refractivity contribution in [2.24, 2.45) is 7.05 Å². The summed E-state index contributed by atoms with van der Waals surface area (Å²) in [6.45, 7) is -1.86. The Hall–Kier alpha value is -3.33. The lowest BCUT2D eigenvalue weighted by molar-refractivity contribution is -0.745. The van der Waals surface area contributed by atoms with Gasteiger partial charge in [-0.3, -0.25) is 18.2 Å². The molecule has 2 aliphatic heterocycles. The van der Waals surface area contributed by atoms with Gasteiger partial charge in [-0.25, -0.2) is 38.2 Å². The number of rotatable bonds is 14. The van der Waals surface area contributed by atoms with Crippen molar-refractivity contribution in [1.29, 1.82) is 0 Å². The van der Waals surface area contributed by atoms with Gasteiger partial charge < -0.3 is 60.4 Å². The number of nitrogen functional groups attached to an aromatic ring is 2. The van der Waals surface area contributed by atoms with Gasteiger partial charge >= 0.3 is 29.1 Å². The summed E-state index contributed by atoms with van der Waals surface area (Å²) >= 11 is 0. The zero-order chi connectivity index (χ0) is 38.6. The van der Waals surface area contributed by atoms with Gasteiger partial charge in [0.2, 0.25) is 6.23 Å². The van der Waals surface area contributed by atoms with Crippen LogP contribution in [-0.2, 0) is 57.4 Å². The average molecular weight is 814 g/mol. The molecule has 2 aliphatic rings. The fourth-order valence-corrected chi connectivity index (χ4v) is 9.36. The SMILES string of the molecule is CO[C@@H]1[C@H](O)[C@H]([n+]2cn(C)c3c([O-])nc(N)nc32)O[C@@H]1COP(=O)(O)OP(=O)(O)OP(=O)(O)OC[C@H]1O[C@@H](n2cnc3c(N)ncnc32)[C@@H](OC)[C@H]1O. The number of hydrogen-bond acceptors (Lipinski definition) is 21. The lowest BCUT2D eigenvalue weighted by Gasteiger charge is -2.21. The second kappa shape index (κ2) is 14.7.